The molecule has 2 N–H and O–H groups in total. The van der Waals surface area contributed by atoms with Crippen LogP contribution < -0.4 is 10.6 Å². The van der Waals surface area contributed by atoms with Gasteiger partial charge in [-0.3, -0.25) is 10.1 Å². The third-order valence-electron chi connectivity index (χ3n) is 5.70. The highest BCUT2D eigenvalue weighted by Crippen LogP contribution is 2.31. The predicted octanol–water partition coefficient (Wildman–Crippen LogP) is 7.32. The Morgan fingerprint density at radius 2 is 1.42 bits per heavy atom. The van der Waals surface area contributed by atoms with Crippen molar-refractivity contribution in [2.45, 2.75) is 104 Å². The molecule has 0 aliphatic carbocycles. The maximum Gasteiger partial charge on any atom is 0.353 e. The fraction of sp³-hybridized carbons (Fsp3) is 0.708. The van der Waals surface area contributed by atoms with Gasteiger partial charge in [-0.25, -0.2) is 9.97 Å². The molecular weight excluding hydrogens is 420 g/mol. The van der Waals surface area contributed by atoms with E-state index in [4.69, 9.17) is 4.52 Å². The van der Waals surface area contributed by atoms with Gasteiger partial charge in [0.2, 0.25) is 11.6 Å². The second-order valence-electron chi connectivity index (χ2n) is 8.65. The molecule has 33 heavy (non-hydrogen) atoms. The van der Waals surface area contributed by atoms with E-state index in [1.165, 1.54) is 83.4 Å². The first-order valence-electron chi connectivity index (χ1n) is 12.6. The Balaban J connectivity index is 1.58. The van der Waals surface area contributed by atoms with Crippen LogP contribution >= 0.6 is 0 Å². The highest BCUT2D eigenvalue weighted by molar-refractivity contribution is 5.72. The van der Waals surface area contributed by atoms with Gasteiger partial charge < -0.3 is 15.2 Å². The van der Waals surface area contributed by atoms with Crippen LogP contribution in [-0.2, 0) is 0 Å². The lowest BCUT2D eigenvalue weighted by atomic mass is 10.0. The lowest BCUT2D eigenvalue weighted by molar-refractivity contribution is -0.383. The van der Waals surface area contributed by atoms with Crippen molar-refractivity contribution in [2.75, 3.05) is 17.2 Å². The monoisotopic (exact) mass is 460 g/mol. The van der Waals surface area contributed by atoms with Gasteiger partial charge in [-0.15, -0.1) is 0 Å². The Hall–Kier alpha value is -2.71. The molecule has 0 spiro atoms. The lowest BCUT2D eigenvalue weighted by Crippen LogP contribution is -2.09. The Morgan fingerprint density at radius 1 is 0.879 bits per heavy atom. The zero-order valence-corrected chi connectivity index (χ0v) is 20.3. The van der Waals surface area contributed by atoms with E-state index in [9.17, 15) is 10.1 Å². The van der Waals surface area contributed by atoms with Crippen LogP contribution in [0.5, 0.6) is 0 Å². The summed E-state index contributed by atoms with van der Waals surface area (Å²) >= 11 is 0. The van der Waals surface area contributed by atoms with Crippen LogP contribution in [0.15, 0.2) is 16.9 Å². The summed E-state index contributed by atoms with van der Waals surface area (Å²) in [5, 5.41) is 21.3. The average Bonchev–Trinajstić information content (AvgIpc) is 3.20. The molecule has 0 fully saturated rings. The summed E-state index contributed by atoms with van der Waals surface area (Å²) in [5.41, 5.74) is -0.191. The average molecular weight is 461 g/mol. The number of rotatable bonds is 19. The van der Waals surface area contributed by atoms with Crippen molar-refractivity contribution in [2.24, 2.45) is 0 Å². The van der Waals surface area contributed by atoms with E-state index >= 15 is 0 Å². The molecule has 2 aromatic rings. The summed E-state index contributed by atoms with van der Waals surface area (Å²) in [6.07, 6.45) is 19.5. The summed E-state index contributed by atoms with van der Waals surface area (Å²) in [4.78, 5) is 19.2. The van der Waals surface area contributed by atoms with E-state index in [1.807, 2.05) is 0 Å². The maximum atomic E-state index is 11.6. The number of nitrogens with one attached hydrogen (secondary N) is 2. The maximum absolute atomic E-state index is 11.6. The molecule has 2 aromatic heterocycles. The van der Waals surface area contributed by atoms with E-state index < -0.39 is 4.92 Å². The molecule has 0 aliphatic heterocycles. The van der Waals surface area contributed by atoms with Crippen LogP contribution in [-0.4, -0.2) is 26.6 Å². The minimum absolute atomic E-state index is 0.0896. The third-order valence-corrected chi connectivity index (χ3v) is 5.70. The van der Waals surface area contributed by atoms with Crippen LogP contribution in [0.1, 0.15) is 103 Å². The highest BCUT2D eigenvalue weighted by Gasteiger charge is 2.23. The number of hydrogen-bond donors (Lipinski definition) is 2. The molecule has 0 radical (unpaired) electrons. The molecule has 0 saturated heterocycles. The highest BCUT2D eigenvalue weighted by atomic mass is 16.6. The van der Waals surface area contributed by atoms with Crippen LogP contribution in [0.4, 0.5) is 23.1 Å². The third kappa shape index (κ3) is 10.6. The zero-order chi connectivity index (χ0) is 23.7. The molecule has 0 bridgehead atoms. The van der Waals surface area contributed by atoms with Gasteiger partial charge in [-0.2, -0.15) is 0 Å². The van der Waals surface area contributed by atoms with Crippen LogP contribution in [0.25, 0.3) is 0 Å². The molecule has 0 saturated carbocycles. The second kappa shape index (κ2) is 16.0. The standard InChI is InChI=1S/C24H40N6O3/c1-3-4-5-6-7-8-9-10-11-12-13-14-15-16-17-25-23-22(30(31)32)24(27-19-26-23)28-21-18-20(2)33-29-21/h18-19H,3-17H2,1-2H3,(H2,25,26,27,28,29). The van der Waals surface area contributed by atoms with Gasteiger partial charge >= 0.3 is 5.69 Å². The summed E-state index contributed by atoms with van der Waals surface area (Å²) in [6, 6.07) is 1.65. The van der Waals surface area contributed by atoms with E-state index in [2.05, 4.69) is 32.7 Å². The molecule has 0 aromatic carbocycles. The molecular formula is C24H40N6O3. The minimum atomic E-state index is -0.483. The quantitative estimate of drug-likeness (QED) is 0.127. The number of unbranched alkanes of at least 4 members (excludes halogenated alkanes) is 13. The number of nitrogens with zero attached hydrogens (tertiary/aromatic N) is 4. The summed E-state index contributed by atoms with van der Waals surface area (Å²) in [6.45, 7) is 4.64. The summed E-state index contributed by atoms with van der Waals surface area (Å²) in [5.74, 6) is 1.27. The lowest BCUT2D eigenvalue weighted by Gasteiger charge is -2.09. The van der Waals surface area contributed by atoms with Gasteiger partial charge in [0, 0.05) is 12.6 Å². The zero-order valence-electron chi connectivity index (χ0n) is 20.3. The van der Waals surface area contributed by atoms with E-state index in [0.29, 0.717) is 18.1 Å². The normalized spacial score (nSPS) is 11.0. The number of hydrogen-bond acceptors (Lipinski definition) is 8. The smallest absolute Gasteiger partial charge is 0.353 e. The van der Waals surface area contributed by atoms with Crippen molar-refractivity contribution in [3.05, 3.63) is 28.3 Å². The molecule has 2 rings (SSSR count). The van der Waals surface area contributed by atoms with Crippen LogP contribution in [0, 0.1) is 17.0 Å². The molecule has 2 heterocycles. The number of aromatic nitrogens is 3. The summed E-state index contributed by atoms with van der Waals surface area (Å²) in [7, 11) is 0. The Kier molecular flexibility index (Phi) is 12.9. The Labute approximate surface area is 197 Å². The van der Waals surface area contributed by atoms with Gasteiger partial charge in [-0.1, -0.05) is 95.6 Å². The van der Waals surface area contributed by atoms with E-state index in [-0.39, 0.29) is 17.3 Å². The van der Waals surface area contributed by atoms with Crippen LogP contribution in [0.3, 0.4) is 0 Å². The number of nitro groups is 1. The molecule has 9 heteroatoms. The first-order chi connectivity index (χ1) is 16.1. The second-order valence-corrected chi connectivity index (χ2v) is 8.65. The summed E-state index contributed by atoms with van der Waals surface area (Å²) < 4.78 is 4.99. The van der Waals surface area contributed by atoms with Gasteiger partial charge in [0.15, 0.2) is 5.82 Å². The molecule has 184 valence electrons. The molecule has 0 unspecified atom stereocenters. The van der Waals surface area contributed by atoms with Crippen molar-refractivity contribution in [3.8, 4) is 0 Å². The van der Waals surface area contributed by atoms with Crippen LogP contribution in [0.2, 0.25) is 0 Å². The topological polar surface area (TPSA) is 119 Å². The first-order valence-corrected chi connectivity index (χ1v) is 12.6. The molecule has 0 aliphatic rings. The van der Waals surface area contributed by atoms with Gasteiger partial charge in [0.1, 0.15) is 12.1 Å². The number of aryl methyl sites for hydroxylation is 1. The van der Waals surface area contributed by atoms with Crippen molar-refractivity contribution < 1.29 is 9.45 Å². The van der Waals surface area contributed by atoms with Gasteiger partial charge in [0.05, 0.1) is 4.92 Å². The van der Waals surface area contributed by atoms with E-state index in [1.54, 1.807) is 13.0 Å². The molecule has 0 amide bonds. The number of anilines is 3. The van der Waals surface area contributed by atoms with E-state index in [0.717, 1.165) is 12.8 Å². The fourth-order valence-electron chi connectivity index (χ4n) is 3.85. The fourth-order valence-corrected chi connectivity index (χ4v) is 3.85. The van der Waals surface area contributed by atoms with Crippen molar-refractivity contribution in [1.82, 2.24) is 15.1 Å². The Bertz CT molecular complexity index is 811. The minimum Gasteiger partial charge on any atom is -0.364 e. The van der Waals surface area contributed by atoms with Crippen molar-refractivity contribution >= 4 is 23.1 Å². The SMILES string of the molecule is CCCCCCCCCCCCCCCCNc1ncnc(Nc2cc(C)on2)c1[N+](=O)[O-]. The van der Waals surface area contributed by atoms with Crippen molar-refractivity contribution in [3.63, 3.8) is 0 Å². The van der Waals surface area contributed by atoms with Crippen molar-refractivity contribution in [1.29, 1.82) is 0 Å². The van der Waals surface area contributed by atoms with Gasteiger partial charge in [-0.05, 0) is 13.3 Å². The Morgan fingerprint density at radius 3 is 1.94 bits per heavy atom. The molecule has 9 nitrogen and oxygen atoms in total. The van der Waals surface area contributed by atoms with Gasteiger partial charge in [0.25, 0.3) is 0 Å². The first kappa shape index (κ1) is 26.5. The largest absolute Gasteiger partial charge is 0.364 e. The predicted molar refractivity (Wildman–Crippen MR) is 132 cm³/mol. The molecule has 0 atom stereocenters.